The summed E-state index contributed by atoms with van der Waals surface area (Å²) in [5, 5.41) is 15.0. The van der Waals surface area contributed by atoms with E-state index >= 15 is 0 Å². The standard InChI is InChI=1S/C15H16ClFN4O/c16-11-7-10(3-4-12(11)17)19-14-8-13(9-1-2-9)20-15(21-14)18-5-6-22/h3-4,7-9,22H,1-2,5-6H2,(H2,18,19,20,21). The molecule has 116 valence electrons. The molecule has 3 rings (SSSR count). The third-order valence-corrected chi connectivity index (χ3v) is 3.62. The Kier molecular flexibility index (Phi) is 4.40. The highest BCUT2D eigenvalue weighted by Crippen LogP contribution is 2.40. The fraction of sp³-hybridized carbons (Fsp3) is 0.333. The van der Waals surface area contributed by atoms with Crippen molar-refractivity contribution >= 4 is 29.1 Å². The maximum absolute atomic E-state index is 13.2. The van der Waals surface area contributed by atoms with Gasteiger partial charge in [0, 0.05) is 24.2 Å². The van der Waals surface area contributed by atoms with Crippen molar-refractivity contribution in [1.29, 1.82) is 0 Å². The normalized spacial score (nSPS) is 14.0. The number of hydrogen-bond acceptors (Lipinski definition) is 5. The molecule has 1 saturated carbocycles. The van der Waals surface area contributed by atoms with E-state index in [9.17, 15) is 4.39 Å². The van der Waals surface area contributed by atoms with Gasteiger partial charge in [-0.25, -0.2) is 9.37 Å². The Hall–Kier alpha value is -1.92. The molecule has 0 atom stereocenters. The van der Waals surface area contributed by atoms with Crippen LogP contribution in [0, 0.1) is 5.82 Å². The predicted octanol–water partition coefficient (Wildman–Crippen LogP) is 3.29. The molecule has 0 bridgehead atoms. The van der Waals surface area contributed by atoms with E-state index in [4.69, 9.17) is 16.7 Å². The molecule has 22 heavy (non-hydrogen) atoms. The summed E-state index contributed by atoms with van der Waals surface area (Å²) in [6, 6.07) is 6.30. The highest BCUT2D eigenvalue weighted by Gasteiger charge is 2.26. The van der Waals surface area contributed by atoms with Gasteiger partial charge in [0.1, 0.15) is 11.6 Å². The number of rotatable bonds is 6. The van der Waals surface area contributed by atoms with E-state index in [0.29, 0.717) is 29.9 Å². The second kappa shape index (κ2) is 6.46. The van der Waals surface area contributed by atoms with Crippen molar-refractivity contribution < 1.29 is 9.50 Å². The zero-order valence-electron chi connectivity index (χ0n) is 11.8. The lowest BCUT2D eigenvalue weighted by Gasteiger charge is -2.11. The number of nitrogens with zero attached hydrogens (tertiary/aromatic N) is 2. The highest BCUT2D eigenvalue weighted by molar-refractivity contribution is 6.31. The first-order chi connectivity index (χ1) is 10.7. The van der Waals surface area contributed by atoms with Crippen LogP contribution >= 0.6 is 11.6 Å². The number of halogens is 2. The SMILES string of the molecule is OCCNc1nc(Nc2ccc(F)c(Cl)c2)cc(C2CC2)n1. The molecule has 0 saturated heterocycles. The third-order valence-electron chi connectivity index (χ3n) is 3.33. The molecule has 0 aliphatic heterocycles. The smallest absolute Gasteiger partial charge is 0.224 e. The molecular formula is C15H16ClFN4O. The van der Waals surface area contributed by atoms with Crippen molar-refractivity contribution in [3.63, 3.8) is 0 Å². The van der Waals surface area contributed by atoms with Gasteiger partial charge in [-0.2, -0.15) is 4.98 Å². The first kappa shape index (κ1) is 15.0. The van der Waals surface area contributed by atoms with Gasteiger partial charge in [0.2, 0.25) is 5.95 Å². The van der Waals surface area contributed by atoms with Crippen molar-refractivity contribution in [3.05, 3.63) is 40.8 Å². The second-order valence-corrected chi connectivity index (χ2v) is 5.59. The van der Waals surface area contributed by atoms with Crippen LogP contribution < -0.4 is 10.6 Å². The van der Waals surface area contributed by atoms with E-state index in [2.05, 4.69) is 20.6 Å². The maximum Gasteiger partial charge on any atom is 0.224 e. The molecule has 1 fully saturated rings. The minimum Gasteiger partial charge on any atom is -0.395 e. The highest BCUT2D eigenvalue weighted by atomic mass is 35.5. The summed E-state index contributed by atoms with van der Waals surface area (Å²) in [4.78, 5) is 8.79. The van der Waals surface area contributed by atoms with Crippen LogP contribution in [0.3, 0.4) is 0 Å². The van der Waals surface area contributed by atoms with Crippen molar-refractivity contribution in [2.75, 3.05) is 23.8 Å². The average Bonchev–Trinajstić information content (AvgIpc) is 3.33. The van der Waals surface area contributed by atoms with Crippen LogP contribution in [0.1, 0.15) is 24.5 Å². The molecule has 1 aromatic heterocycles. The number of nitrogens with one attached hydrogen (secondary N) is 2. The van der Waals surface area contributed by atoms with Crippen LogP contribution in [0.5, 0.6) is 0 Å². The average molecular weight is 323 g/mol. The number of anilines is 3. The quantitative estimate of drug-likeness (QED) is 0.761. The Morgan fingerprint density at radius 1 is 1.27 bits per heavy atom. The van der Waals surface area contributed by atoms with E-state index in [-0.39, 0.29) is 11.6 Å². The lowest BCUT2D eigenvalue weighted by molar-refractivity contribution is 0.311. The van der Waals surface area contributed by atoms with Gasteiger partial charge in [-0.3, -0.25) is 0 Å². The molecule has 0 spiro atoms. The number of hydrogen-bond donors (Lipinski definition) is 3. The molecule has 2 aromatic rings. The summed E-state index contributed by atoms with van der Waals surface area (Å²) < 4.78 is 13.2. The van der Waals surface area contributed by atoms with Crippen LogP contribution in [0.4, 0.5) is 21.8 Å². The molecule has 1 aliphatic carbocycles. The van der Waals surface area contributed by atoms with Gasteiger partial charge >= 0.3 is 0 Å². The Labute approximate surface area is 132 Å². The van der Waals surface area contributed by atoms with Crippen LogP contribution in [-0.4, -0.2) is 28.2 Å². The zero-order valence-corrected chi connectivity index (χ0v) is 12.6. The van der Waals surface area contributed by atoms with Crippen molar-refractivity contribution in [1.82, 2.24) is 9.97 Å². The summed E-state index contributed by atoms with van der Waals surface area (Å²) >= 11 is 5.78. The van der Waals surface area contributed by atoms with Gasteiger partial charge in [-0.05, 0) is 31.0 Å². The molecule has 1 aliphatic rings. The Morgan fingerprint density at radius 2 is 2.09 bits per heavy atom. The summed E-state index contributed by atoms with van der Waals surface area (Å²) in [7, 11) is 0. The summed E-state index contributed by atoms with van der Waals surface area (Å²) in [6.45, 7) is 0.392. The molecule has 0 radical (unpaired) electrons. The number of benzene rings is 1. The van der Waals surface area contributed by atoms with Gasteiger partial charge in [0.25, 0.3) is 0 Å². The molecule has 0 unspecified atom stereocenters. The van der Waals surface area contributed by atoms with Crippen molar-refractivity contribution in [2.45, 2.75) is 18.8 Å². The minimum atomic E-state index is -0.459. The van der Waals surface area contributed by atoms with Crippen LogP contribution in [-0.2, 0) is 0 Å². The molecule has 1 aromatic carbocycles. The Bertz CT molecular complexity index is 679. The summed E-state index contributed by atoms with van der Waals surface area (Å²) in [6.07, 6.45) is 2.25. The van der Waals surface area contributed by atoms with E-state index in [1.54, 1.807) is 6.07 Å². The maximum atomic E-state index is 13.2. The summed E-state index contributed by atoms with van der Waals surface area (Å²) in [5.74, 6) is 1.09. The molecule has 5 nitrogen and oxygen atoms in total. The third kappa shape index (κ3) is 3.64. The van der Waals surface area contributed by atoms with E-state index in [0.717, 1.165) is 18.5 Å². The molecular weight excluding hydrogens is 307 g/mol. The van der Waals surface area contributed by atoms with Gasteiger partial charge in [-0.15, -0.1) is 0 Å². The number of aliphatic hydroxyl groups excluding tert-OH is 1. The van der Waals surface area contributed by atoms with Crippen LogP contribution in [0.15, 0.2) is 24.3 Å². The monoisotopic (exact) mass is 322 g/mol. The molecule has 3 N–H and O–H groups in total. The lowest BCUT2D eigenvalue weighted by Crippen LogP contribution is -2.10. The minimum absolute atomic E-state index is 0.00729. The number of aromatic nitrogens is 2. The van der Waals surface area contributed by atoms with Crippen molar-refractivity contribution in [2.24, 2.45) is 0 Å². The van der Waals surface area contributed by atoms with Gasteiger partial charge in [0.05, 0.1) is 17.3 Å². The van der Waals surface area contributed by atoms with Crippen LogP contribution in [0.2, 0.25) is 5.02 Å². The van der Waals surface area contributed by atoms with Gasteiger partial charge in [-0.1, -0.05) is 11.6 Å². The summed E-state index contributed by atoms with van der Waals surface area (Å²) in [5.41, 5.74) is 1.62. The van der Waals surface area contributed by atoms with E-state index < -0.39 is 5.82 Å². The second-order valence-electron chi connectivity index (χ2n) is 5.18. The van der Waals surface area contributed by atoms with E-state index in [1.165, 1.54) is 12.1 Å². The van der Waals surface area contributed by atoms with Crippen molar-refractivity contribution in [3.8, 4) is 0 Å². The Morgan fingerprint density at radius 3 is 2.77 bits per heavy atom. The molecule has 1 heterocycles. The predicted molar refractivity (Wildman–Crippen MR) is 84.3 cm³/mol. The molecule has 0 amide bonds. The molecule has 7 heteroatoms. The topological polar surface area (TPSA) is 70.1 Å². The first-order valence-corrected chi connectivity index (χ1v) is 7.49. The Balaban J connectivity index is 1.84. The van der Waals surface area contributed by atoms with Crippen LogP contribution in [0.25, 0.3) is 0 Å². The van der Waals surface area contributed by atoms with E-state index in [1.807, 2.05) is 6.07 Å². The first-order valence-electron chi connectivity index (χ1n) is 7.11. The fourth-order valence-electron chi connectivity index (χ4n) is 2.09. The number of aliphatic hydroxyl groups is 1. The lowest BCUT2D eigenvalue weighted by atomic mass is 10.2. The van der Waals surface area contributed by atoms with Gasteiger partial charge < -0.3 is 15.7 Å². The largest absolute Gasteiger partial charge is 0.395 e. The zero-order chi connectivity index (χ0) is 15.5. The fourth-order valence-corrected chi connectivity index (χ4v) is 2.27. The van der Waals surface area contributed by atoms with Gasteiger partial charge in [0.15, 0.2) is 0 Å².